The van der Waals surface area contributed by atoms with Crippen molar-refractivity contribution in [3.63, 3.8) is 0 Å². The van der Waals surface area contributed by atoms with Crippen LogP contribution in [0.3, 0.4) is 0 Å². The van der Waals surface area contributed by atoms with E-state index in [1.54, 1.807) is 7.11 Å². The van der Waals surface area contributed by atoms with Crippen molar-refractivity contribution in [2.24, 2.45) is 5.73 Å². The molecular weight excluding hydrogens is 226 g/mol. The number of hydrogen-bond acceptors (Lipinski definition) is 5. The maximum Gasteiger partial charge on any atom is 0.246 e. The zero-order chi connectivity index (χ0) is 12.9. The molecule has 6 nitrogen and oxygen atoms in total. The van der Waals surface area contributed by atoms with Crippen LogP contribution in [0.5, 0.6) is 0 Å². The summed E-state index contributed by atoms with van der Waals surface area (Å²) in [7, 11) is 1.63. The van der Waals surface area contributed by atoms with E-state index in [4.69, 9.17) is 24.7 Å². The summed E-state index contributed by atoms with van der Waals surface area (Å²) in [6.45, 7) is 4.81. The van der Waals surface area contributed by atoms with Crippen molar-refractivity contribution in [3.8, 4) is 0 Å². The number of rotatable bonds is 12. The number of methoxy groups -OCH3 is 1. The van der Waals surface area contributed by atoms with E-state index in [1.165, 1.54) is 0 Å². The van der Waals surface area contributed by atoms with Gasteiger partial charge in [0.2, 0.25) is 5.91 Å². The zero-order valence-electron chi connectivity index (χ0n) is 10.6. The van der Waals surface area contributed by atoms with E-state index < -0.39 is 12.0 Å². The second-order valence-electron chi connectivity index (χ2n) is 3.39. The summed E-state index contributed by atoms with van der Waals surface area (Å²) < 4.78 is 20.5. The number of primary amides is 1. The molecule has 0 saturated heterocycles. The van der Waals surface area contributed by atoms with Gasteiger partial charge < -0.3 is 24.7 Å². The molecule has 102 valence electrons. The molecule has 2 N–H and O–H groups in total. The number of nitrogens with two attached hydrogens (primary N) is 1. The molecule has 0 fully saturated rings. The van der Waals surface area contributed by atoms with Crippen LogP contribution in [0.4, 0.5) is 0 Å². The number of ether oxygens (including phenoxy) is 4. The van der Waals surface area contributed by atoms with Gasteiger partial charge in [-0.2, -0.15) is 0 Å². The van der Waals surface area contributed by atoms with E-state index in [0.29, 0.717) is 46.1 Å². The zero-order valence-corrected chi connectivity index (χ0v) is 10.6. The molecule has 0 aliphatic rings. The first-order valence-corrected chi connectivity index (χ1v) is 5.77. The third-order valence-corrected chi connectivity index (χ3v) is 2.04. The van der Waals surface area contributed by atoms with Crippen LogP contribution in [-0.4, -0.2) is 58.8 Å². The third kappa shape index (κ3) is 10.2. The summed E-state index contributed by atoms with van der Waals surface area (Å²) in [5.41, 5.74) is 5.12. The SMILES string of the molecule is CCC(OCCOCCOCCOC)C(N)=O. The van der Waals surface area contributed by atoms with E-state index in [1.807, 2.05) is 6.92 Å². The average molecular weight is 249 g/mol. The Hall–Kier alpha value is -0.690. The van der Waals surface area contributed by atoms with Gasteiger partial charge in [0.25, 0.3) is 0 Å². The molecule has 1 amide bonds. The second kappa shape index (κ2) is 11.8. The molecule has 1 atom stereocenters. The summed E-state index contributed by atoms with van der Waals surface area (Å²) in [4.78, 5) is 10.8. The largest absolute Gasteiger partial charge is 0.382 e. The van der Waals surface area contributed by atoms with E-state index in [2.05, 4.69) is 0 Å². The molecule has 6 heteroatoms. The molecule has 0 bridgehead atoms. The standard InChI is InChI=1S/C11H23NO5/c1-3-10(11(12)13)17-9-8-16-7-6-15-5-4-14-2/h10H,3-9H2,1-2H3,(H2,12,13). The Morgan fingerprint density at radius 2 is 1.59 bits per heavy atom. The Kier molecular flexibility index (Phi) is 11.3. The molecule has 17 heavy (non-hydrogen) atoms. The lowest BCUT2D eigenvalue weighted by molar-refractivity contribution is -0.130. The molecule has 0 spiro atoms. The van der Waals surface area contributed by atoms with Gasteiger partial charge in [-0.1, -0.05) is 6.92 Å². The summed E-state index contributed by atoms with van der Waals surface area (Å²) in [5.74, 6) is -0.435. The molecule has 0 rings (SSSR count). The summed E-state index contributed by atoms with van der Waals surface area (Å²) in [6, 6.07) is 0. The van der Waals surface area contributed by atoms with Crippen molar-refractivity contribution in [1.82, 2.24) is 0 Å². The van der Waals surface area contributed by atoms with Crippen LogP contribution in [0.2, 0.25) is 0 Å². The number of hydrogen-bond donors (Lipinski definition) is 1. The van der Waals surface area contributed by atoms with Gasteiger partial charge in [0.05, 0.1) is 39.6 Å². The molecule has 0 saturated carbocycles. The lowest BCUT2D eigenvalue weighted by Gasteiger charge is -2.12. The molecular formula is C11H23NO5. The fourth-order valence-corrected chi connectivity index (χ4v) is 1.11. The Morgan fingerprint density at radius 3 is 2.06 bits per heavy atom. The highest BCUT2D eigenvalue weighted by atomic mass is 16.6. The molecule has 0 heterocycles. The van der Waals surface area contributed by atoms with Gasteiger partial charge >= 0.3 is 0 Å². The number of amides is 1. The molecule has 0 aromatic heterocycles. The Balaban J connectivity index is 3.20. The van der Waals surface area contributed by atoms with Crippen LogP contribution >= 0.6 is 0 Å². The van der Waals surface area contributed by atoms with Gasteiger partial charge in [0, 0.05) is 7.11 Å². The first kappa shape index (κ1) is 16.3. The summed E-state index contributed by atoms with van der Waals surface area (Å²) in [6.07, 6.45) is 0.0618. The molecule has 0 radical (unpaired) electrons. The fourth-order valence-electron chi connectivity index (χ4n) is 1.11. The lowest BCUT2D eigenvalue weighted by Crippen LogP contribution is -2.31. The monoisotopic (exact) mass is 249 g/mol. The molecule has 0 aliphatic heterocycles. The van der Waals surface area contributed by atoms with E-state index in [0.717, 1.165) is 0 Å². The molecule has 0 aromatic carbocycles. The van der Waals surface area contributed by atoms with Crippen LogP contribution < -0.4 is 5.73 Å². The van der Waals surface area contributed by atoms with Crippen LogP contribution in [-0.2, 0) is 23.7 Å². The highest BCUT2D eigenvalue weighted by molar-refractivity contribution is 5.78. The minimum Gasteiger partial charge on any atom is -0.382 e. The molecule has 0 aromatic rings. The Morgan fingerprint density at radius 1 is 1.06 bits per heavy atom. The van der Waals surface area contributed by atoms with Crippen LogP contribution in [0.1, 0.15) is 13.3 Å². The highest BCUT2D eigenvalue weighted by Gasteiger charge is 2.12. The van der Waals surface area contributed by atoms with Crippen molar-refractivity contribution >= 4 is 5.91 Å². The predicted octanol–water partition coefficient (Wildman–Crippen LogP) is -0.0535. The lowest BCUT2D eigenvalue weighted by atomic mass is 10.3. The number of carbonyl (C=O) groups excluding carboxylic acids is 1. The maximum absolute atomic E-state index is 10.8. The summed E-state index contributed by atoms with van der Waals surface area (Å²) in [5, 5.41) is 0. The Labute approximate surface area is 102 Å². The third-order valence-electron chi connectivity index (χ3n) is 2.04. The van der Waals surface area contributed by atoms with Crippen LogP contribution in [0.25, 0.3) is 0 Å². The van der Waals surface area contributed by atoms with Gasteiger partial charge in [-0.15, -0.1) is 0 Å². The van der Waals surface area contributed by atoms with E-state index in [-0.39, 0.29) is 0 Å². The van der Waals surface area contributed by atoms with E-state index in [9.17, 15) is 4.79 Å². The quantitative estimate of drug-likeness (QED) is 0.490. The minimum absolute atomic E-state index is 0.361. The second-order valence-corrected chi connectivity index (χ2v) is 3.39. The summed E-state index contributed by atoms with van der Waals surface area (Å²) >= 11 is 0. The van der Waals surface area contributed by atoms with Gasteiger partial charge in [-0.3, -0.25) is 4.79 Å². The van der Waals surface area contributed by atoms with Gasteiger partial charge in [0.1, 0.15) is 6.10 Å². The van der Waals surface area contributed by atoms with Crippen LogP contribution in [0.15, 0.2) is 0 Å². The predicted molar refractivity (Wildman–Crippen MR) is 62.7 cm³/mol. The van der Waals surface area contributed by atoms with Crippen molar-refractivity contribution in [1.29, 1.82) is 0 Å². The van der Waals surface area contributed by atoms with Gasteiger partial charge in [-0.25, -0.2) is 0 Å². The van der Waals surface area contributed by atoms with E-state index >= 15 is 0 Å². The first-order valence-electron chi connectivity index (χ1n) is 5.77. The molecule has 1 unspecified atom stereocenters. The highest BCUT2D eigenvalue weighted by Crippen LogP contribution is 1.96. The van der Waals surface area contributed by atoms with Crippen molar-refractivity contribution in [3.05, 3.63) is 0 Å². The normalized spacial score (nSPS) is 12.6. The fraction of sp³-hybridized carbons (Fsp3) is 0.909. The van der Waals surface area contributed by atoms with Gasteiger partial charge in [0.15, 0.2) is 0 Å². The van der Waals surface area contributed by atoms with Crippen molar-refractivity contribution < 1.29 is 23.7 Å². The smallest absolute Gasteiger partial charge is 0.246 e. The first-order chi connectivity index (χ1) is 8.22. The molecule has 0 aliphatic carbocycles. The van der Waals surface area contributed by atoms with Crippen LogP contribution in [0, 0.1) is 0 Å². The Bertz CT molecular complexity index is 189. The maximum atomic E-state index is 10.8. The number of carbonyl (C=O) groups is 1. The minimum atomic E-state index is -0.517. The van der Waals surface area contributed by atoms with Crippen molar-refractivity contribution in [2.75, 3.05) is 46.8 Å². The van der Waals surface area contributed by atoms with Crippen molar-refractivity contribution in [2.45, 2.75) is 19.4 Å². The van der Waals surface area contributed by atoms with Gasteiger partial charge in [-0.05, 0) is 6.42 Å². The average Bonchev–Trinajstić information content (AvgIpc) is 2.31. The topological polar surface area (TPSA) is 80.0 Å².